The van der Waals surface area contributed by atoms with Gasteiger partial charge in [0.25, 0.3) is 0 Å². The minimum Gasteiger partial charge on any atom is -0.342 e. The van der Waals surface area contributed by atoms with Crippen LogP contribution in [0.3, 0.4) is 0 Å². The number of hydrogen-bond donors (Lipinski definition) is 1. The van der Waals surface area contributed by atoms with Crippen molar-refractivity contribution in [3.05, 3.63) is 35.9 Å². The molecular weight excluding hydrogens is 302 g/mol. The van der Waals surface area contributed by atoms with Gasteiger partial charge in [-0.1, -0.05) is 44.2 Å². The maximum absolute atomic E-state index is 12.8. The van der Waals surface area contributed by atoms with Gasteiger partial charge >= 0.3 is 0 Å². The van der Waals surface area contributed by atoms with Gasteiger partial charge in [0.1, 0.15) is 0 Å². The molecule has 2 unspecified atom stereocenters. The van der Waals surface area contributed by atoms with Gasteiger partial charge in [-0.2, -0.15) is 0 Å². The molecule has 1 aromatic carbocycles. The maximum Gasteiger partial charge on any atom is 0.228 e. The topological polar surface area (TPSA) is 66.6 Å². The fraction of sp³-hybridized carbons (Fsp3) is 0.579. The Bertz CT molecular complexity index is 614. The fourth-order valence-electron chi connectivity index (χ4n) is 3.71. The molecule has 2 heterocycles. The van der Waals surface area contributed by atoms with Gasteiger partial charge in [-0.3, -0.25) is 9.59 Å². The van der Waals surface area contributed by atoms with Crippen LogP contribution in [0.15, 0.2) is 30.3 Å². The zero-order valence-electron chi connectivity index (χ0n) is 14.6. The van der Waals surface area contributed by atoms with Gasteiger partial charge in [0.15, 0.2) is 0 Å². The first-order valence-electron chi connectivity index (χ1n) is 8.73. The second-order valence-electron chi connectivity index (χ2n) is 7.80. The highest BCUT2D eigenvalue weighted by atomic mass is 16.2. The number of rotatable bonds is 3. The molecule has 5 heteroatoms. The number of nitrogens with two attached hydrogens (primary N) is 1. The highest BCUT2D eigenvalue weighted by Gasteiger charge is 2.41. The summed E-state index contributed by atoms with van der Waals surface area (Å²) in [6.07, 6.45) is 1.15. The third-order valence-electron chi connectivity index (χ3n) is 5.40. The number of benzene rings is 1. The standard InChI is InChI=1S/C19H27N3O2/c1-19(2)13-21(9-8-16(19)20)18(24)15-10-17(23)22(12-15)11-14-6-4-3-5-7-14/h3-7,15-16H,8-13,20H2,1-2H3. The van der Waals surface area contributed by atoms with E-state index in [9.17, 15) is 9.59 Å². The Morgan fingerprint density at radius 1 is 1.29 bits per heavy atom. The third-order valence-corrected chi connectivity index (χ3v) is 5.40. The lowest BCUT2D eigenvalue weighted by Crippen LogP contribution is -2.55. The minimum atomic E-state index is -0.216. The average molecular weight is 329 g/mol. The molecule has 0 radical (unpaired) electrons. The van der Waals surface area contributed by atoms with Crippen molar-refractivity contribution in [1.29, 1.82) is 0 Å². The normalized spacial score (nSPS) is 26.7. The largest absolute Gasteiger partial charge is 0.342 e. The predicted molar refractivity (Wildman–Crippen MR) is 92.9 cm³/mol. The Kier molecular flexibility index (Phi) is 4.63. The molecule has 2 fully saturated rings. The molecule has 2 aliphatic rings. The van der Waals surface area contributed by atoms with Crippen LogP contribution in [-0.2, 0) is 16.1 Å². The number of hydrogen-bond acceptors (Lipinski definition) is 3. The first-order chi connectivity index (χ1) is 11.4. The van der Waals surface area contributed by atoms with Crippen LogP contribution in [0.4, 0.5) is 0 Å². The lowest BCUT2D eigenvalue weighted by atomic mass is 9.79. The van der Waals surface area contributed by atoms with Gasteiger partial charge < -0.3 is 15.5 Å². The van der Waals surface area contributed by atoms with E-state index < -0.39 is 0 Å². The van der Waals surface area contributed by atoms with Crippen LogP contribution in [0.25, 0.3) is 0 Å². The summed E-state index contributed by atoms with van der Waals surface area (Å²) in [5, 5.41) is 0. The SMILES string of the molecule is CC1(C)CN(C(=O)C2CC(=O)N(Cc3ccccc3)C2)CCC1N. The zero-order chi connectivity index (χ0) is 17.3. The molecular formula is C19H27N3O2. The summed E-state index contributed by atoms with van der Waals surface area (Å²) in [5.41, 5.74) is 7.19. The molecule has 130 valence electrons. The molecule has 5 nitrogen and oxygen atoms in total. The average Bonchev–Trinajstić information content (AvgIpc) is 2.91. The summed E-state index contributed by atoms with van der Waals surface area (Å²) in [6, 6.07) is 10.1. The molecule has 2 amide bonds. The molecule has 2 N–H and O–H groups in total. The quantitative estimate of drug-likeness (QED) is 0.916. The smallest absolute Gasteiger partial charge is 0.228 e. The molecule has 3 rings (SSSR count). The highest BCUT2D eigenvalue weighted by molar-refractivity contribution is 5.89. The number of carbonyl (C=O) groups excluding carboxylic acids is 2. The Morgan fingerprint density at radius 3 is 2.67 bits per heavy atom. The number of carbonyl (C=O) groups is 2. The predicted octanol–water partition coefficient (Wildman–Crippen LogP) is 1.62. The molecule has 0 spiro atoms. The lowest BCUT2D eigenvalue weighted by Gasteiger charge is -2.43. The molecule has 2 atom stereocenters. The van der Waals surface area contributed by atoms with Crippen molar-refractivity contribution in [2.24, 2.45) is 17.1 Å². The minimum absolute atomic E-state index is 0.0692. The summed E-state index contributed by atoms with van der Waals surface area (Å²) in [7, 11) is 0. The lowest BCUT2D eigenvalue weighted by molar-refractivity contribution is -0.139. The Labute approximate surface area is 143 Å². The van der Waals surface area contributed by atoms with Crippen LogP contribution in [0.2, 0.25) is 0 Å². The summed E-state index contributed by atoms with van der Waals surface area (Å²) >= 11 is 0. The van der Waals surface area contributed by atoms with Crippen LogP contribution in [0.1, 0.15) is 32.3 Å². The van der Waals surface area contributed by atoms with E-state index in [0.29, 0.717) is 32.6 Å². The van der Waals surface area contributed by atoms with Gasteiger partial charge in [-0.25, -0.2) is 0 Å². The number of nitrogens with zero attached hydrogens (tertiary/aromatic N) is 2. The Morgan fingerprint density at radius 2 is 2.00 bits per heavy atom. The molecule has 24 heavy (non-hydrogen) atoms. The molecule has 0 aromatic heterocycles. The van der Waals surface area contributed by atoms with Gasteiger partial charge in [0, 0.05) is 38.6 Å². The third kappa shape index (κ3) is 3.46. The van der Waals surface area contributed by atoms with Gasteiger partial charge in [-0.05, 0) is 17.4 Å². The summed E-state index contributed by atoms with van der Waals surface area (Å²) in [4.78, 5) is 28.8. The van der Waals surface area contributed by atoms with Crippen molar-refractivity contribution in [3.8, 4) is 0 Å². The van der Waals surface area contributed by atoms with Crippen LogP contribution >= 0.6 is 0 Å². The molecule has 1 aromatic rings. The van der Waals surface area contributed by atoms with Gasteiger partial charge in [0.2, 0.25) is 11.8 Å². The number of piperidine rings is 1. The fourth-order valence-corrected chi connectivity index (χ4v) is 3.71. The summed E-state index contributed by atoms with van der Waals surface area (Å²) < 4.78 is 0. The van der Waals surface area contributed by atoms with E-state index >= 15 is 0 Å². The highest BCUT2D eigenvalue weighted by Crippen LogP contribution is 2.30. The van der Waals surface area contributed by atoms with E-state index in [0.717, 1.165) is 12.0 Å². The molecule has 0 aliphatic carbocycles. The van der Waals surface area contributed by atoms with E-state index in [4.69, 9.17) is 5.73 Å². The monoisotopic (exact) mass is 329 g/mol. The van der Waals surface area contributed by atoms with Gasteiger partial charge in [0.05, 0.1) is 5.92 Å². The molecule has 0 bridgehead atoms. The van der Waals surface area contributed by atoms with Crippen molar-refractivity contribution in [3.63, 3.8) is 0 Å². The van der Waals surface area contributed by atoms with E-state index in [-0.39, 0.29) is 29.2 Å². The van der Waals surface area contributed by atoms with Crippen molar-refractivity contribution >= 4 is 11.8 Å². The van der Waals surface area contributed by atoms with Crippen molar-refractivity contribution in [1.82, 2.24) is 9.80 Å². The number of likely N-dealkylation sites (tertiary alicyclic amines) is 2. The molecule has 2 aliphatic heterocycles. The van der Waals surface area contributed by atoms with Gasteiger partial charge in [-0.15, -0.1) is 0 Å². The number of amides is 2. The van der Waals surface area contributed by atoms with Crippen LogP contribution in [0.5, 0.6) is 0 Å². The maximum atomic E-state index is 12.8. The van der Waals surface area contributed by atoms with Crippen LogP contribution in [0, 0.1) is 11.3 Å². The summed E-state index contributed by atoms with van der Waals surface area (Å²) in [5.74, 6) is -0.0320. The van der Waals surface area contributed by atoms with Crippen molar-refractivity contribution in [2.75, 3.05) is 19.6 Å². The Hall–Kier alpha value is -1.88. The van der Waals surface area contributed by atoms with Crippen LogP contribution in [-0.4, -0.2) is 47.3 Å². The Balaban J connectivity index is 1.62. The van der Waals surface area contributed by atoms with E-state index in [1.54, 1.807) is 4.90 Å². The first-order valence-corrected chi connectivity index (χ1v) is 8.73. The molecule has 2 saturated heterocycles. The summed E-state index contributed by atoms with van der Waals surface area (Å²) in [6.45, 7) is 6.70. The van der Waals surface area contributed by atoms with Crippen LogP contribution < -0.4 is 5.73 Å². The van der Waals surface area contributed by atoms with Crippen molar-refractivity contribution < 1.29 is 9.59 Å². The van der Waals surface area contributed by atoms with E-state index in [1.165, 1.54) is 0 Å². The van der Waals surface area contributed by atoms with E-state index in [2.05, 4.69) is 13.8 Å². The first kappa shape index (κ1) is 17.0. The second kappa shape index (κ2) is 6.55. The second-order valence-corrected chi connectivity index (χ2v) is 7.80. The van der Waals surface area contributed by atoms with E-state index in [1.807, 2.05) is 35.2 Å². The molecule has 0 saturated carbocycles. The van der Waals surface area contributed by atoms with Crippen molar-refractivity contribution in [2.45, 2.75) is 39.3 Å². The zero-order valence-corrected chi connectivity index (χ0v) is 14.6.